The van der Waals surface area contributed by atoms with Crippen LogP contribution in [0.25, 0.3) is 20.9 Å². The Morgan fingerprint density at radius 3 is 1.96 bits per heavy atom. The molecule has 2 aromatic heterocycles. The third-order valence-electron chi connectivity index (χ3n) is 4.13. The van der Waals surface area contributed by atoms with Gasteiger partial charge in [-0.05, 0) is 0 Å². The van der Waals surface area contributed by atoms with Crippen molar-refractivity contribution >= 4 is 49.3 Å². The monoisotopic (exact) mass is 460 g/mol. The number of para-hydroxylation sites is 2. The Labute approximate surface area is 168 Å². The normalized spacial score (nSPS) is 14.5. The quantitative estimate of drug-likeness (QED) is 0.264. The van der Waals surface area contributed by atoms with Crippen molar-refractivity contribution in [1.82, 2.24) is 0 Å². The summed E-state index contributed by atoms with van der Waals surface area (Å²) >= 11 is 6.75. The maximum absolute atomic E-state index is 6.49. The molecule has 5 rings (SSSR count). The van der Waals surface area contributed by atoms with E-state index in [4.69, 9.17) is 9.05 Å². The summed E-state index contributed by atoms with van der Waals surface area (Å²) in [6.07, 6.45) is -2.41. The topological polar surface area (TPSA) is 18.5 Å². The van der Waals surface area contributed by atoms with Gasteiger partial charge in [0.1, 0.15) is 0 Å². The van der Waals surface area contributed by atoms with Crippen LogP contribution in [0.3, 0.4) is 0 Å². The van der Waals surface area contributed by atoms with E-state index in [-0.39, 0.29) is 0 Å². The van der Waals surface area contributed by atoms with Gasteiger partial charge in [0.05, 0.1) is 0 Å². The van der Waals surface area contributed by atoms with Gasteiger partial charge in [-0.25, -0.2) is 0 Å². The van der Waals surface area contributed by atoms with Crippen LogP contribution in [0, 0.1) is 0 Å². The van der Waals surface area contributed by atoms with E-state index < -0.39 is 6.41 Å². The molecule has 2 nitrogen and oxygen atoms in total. The third-order valence-corrected chi connectivity index (χ3v) is 11.6. The molecule has 0 N–H and O–H groups in total. The third kappa shape index (κ3) is 2.81. The minimum atomic E-state index is -2.41. The molecule has 6 heteroatoms. The van der Waals surface area contributed by atoms with Crippen molar-refractivity contribution in [3.8, 4) is 32.4 Å². The van der Waals surface area contributed by atoms with Crippen LogP contribution in [0.15, 0.2) is 78.2 Å². The Kier molecular flexibility index (Phi) is 4.15. The zero-order valence-electron chi connectivity index (χ0n) is 13.5. The van der Waals surface area contributed by atoms with Crippen LogP contribution in [0.2, 0.25) is 0 Å². The summed E-state index contributed by atoms with van der Waals surface area (Å²) in [4.78, 5) is 2.51. The molecule has 0 aliphatic carbocycles. The fourth-order valence-electron chi connectivity index (χ4n) is 2.93. The molecule has 0 unspecified atom stereocenters. The molecule has 0 radical (unpaired) electrons. The van der Waals surface area contributed by atoms with Crippen LogP contribution in [-0.4, -0.2) is 15.6 Å². The van der Waals surface area contributed by atoms with Gasteiger partial charge in [-0.3, -0.25) is 0 Å². The van der Waals surface area contributed by atoms with Gasteiger partial charge < -0.3 is 0 Å². The summed E-state index contributed by atoms with van der Waals surface area (Å²) in [7, 11) is 0. The molecule has 1 aliphatic rings. The first-order valence-corrected chi connectivity index (χ1v) is 13.6. The van der Waals surface area contributed by atoms with Gasteiger partial charge in [-0.2, -0.15) is 0 Å². The van der Waals surface area contributed by atoms with Crippen LogP contribution >= 0.6 is 29.1 Å². The fourth-order valence-corrected chi connectivity index (χ4v) is 8.89. The van der Waals surface area contributed by atoms with Gasteiger partial charge >= 0.3 is 169 Å². The van der Waals surface area contributed by atoms with E-state index in [1.165, 1.54) is 9.75 Å². The summed E-state index contributed by atoms with van der Waals surface area (Å²) in [5.41, 5.74) is 2.13. The van der Waals surface area contributed by atoms with E-state index in [0.717, 1.165) is 27.2 Å². The van der Waals surface area contributed by atoms with Crippen LogP contribution < -0.4 is 13.7 Å². The second-order valence-corrected chi connectivity index (χ2v) is 13.0. The summed E-state index contributed by atoms with van der Waals surface area (Å²) < 4.78 is 14.1. The number of rotatable bonds is 2. The zero-order valence-corrected chi connectivity index (χ0v) is 17.7. The second kappa shape index (κ2) is 6.53. The molecule has 1 aliphatic heterocycles. The molecule has 0 atom stereocenters. The molecule has 0 saturated heterocycles. The minimum absolute atomic E-state index is 0.857. The van der Waals surface area contributed by atoms with Crippen molar-refractivity contribution < 1.29 is 9.05 Å². The molecule has 0 fully saturated rings. The molecule has 0 bridgehead atoms. The fraction of sp³-hybridized carbons (Fsp3) is 0. The van der Waals surface area contributed by atoms with Crippen molar-refractivity contribution in [1.29, 1.82) is 0 Å². The van der Waals surface area contributed by atoms with E-state index >= 15 is 0 Å². The van der Waals surface area contributed by atoms with Gasteiger partial charge in [0.2, 0.25) is 0 Å². The van der Waals surface area contributed by atoms with E-state index in [1.807, 2.05) is 36.4 Å². The van der Waals surface area contributed by atoms with Crippen molar-refractivity contribution in [2.75, 3.05) is 0 Å². The van der Waals surface area contributed by atoms with Crippen LogP contribution in [0.4, 0.5) is 0 Å². The zero-order chi connectivity index (χ0) is 17.6. The Bertz CT molecular complexity index is 1030. The van der Waals surface area contributed by atoms with Crippen molar-refractivity contribution in [3.63, 3.8) is 0 Å². The van der Waals surface area contributed by atoms with Gasteiger partial charge in [0.25, 0.3) is 0 Å². The van der Waals surface area contributed by atoms with Crippen molar-refractivity contribution in [3.05, 3.63) is 78.2 Å². The average Bonchev–Trinajstić information content (AvgIpc) is 3.32. The van der Waals surface area contributed by atoms with Gasteiger partial charge in [0, 0.05) is 0 Å². The predicted molar refractivity (Wildman–Crippen MR) is 113 cm³/mol. The van der Waals surface area contributed by atoms with Gasteiger partial charge in [0.15, 0.2) is 0 Å². The van der Waals surface area contributed by atoms with Crippen molar-refractivity contribution in [2.45, 2.75) is 0 Å². The van der Waals surface area contributed by atoms with E-state index in [0.29, 0.717) is 0 Å². The first kappa shape index (κ1) is 16.6. The summed E-state index contributed by atoms with van der Waals surface area (Å²) in [6, 6.07) is 24.8. The summed E-state index contributed by atoms with van der Waals surface area (Å²) in [5, 5.41) is 2.10. The molecule has 4 aromatic rings. The molecule has 0 saturated carbocycles. The SMILES string of the molecule is [Se-][P+]1(c2ccc(-c3cccs3)s2)Oc2ccccc2-c2ccccc2O1. The Morgan fingerprint density at radius 1 is 0.692 bits per heavy atom. The van der Waals surface area contributed by atoms with E-state index in [1.54, 1.807) is 22.7 Å². The summed E-state index contributed by atoms with van der Waals surface area (Å²) in [6.45, 7) is 0. The molecule has 0 amide bonds. The molecule has 128 valence electrons. The number of hydrogen-bond acceptors (Lipinski definition) is 4. The van der Waals surface area contributed by atoms with Crippen LogP contribution in [0.5, 0.6) is 11.5 Å². The predicted octanol–water partition coefficient (Wildman–Crippen LogP) is 6.17. The van der Waals surface area contributed by atoms with E-state index in [9.17, 15) is 0 Å². The Morgan fingerprint density at radius 2 is 1.35 bits per heavy atom. The molecular weight excluding hydrogens is 446 g/mol. The van der Waals surface area contributed by atoms with Gasteiger partial charge in [-0.1, -0.05) is 0 Å². The molecule has 26 heavy (non-hydrogen) atoms. The number of thiophene rings is 2. The average molecular weight is 459 g/mol. The Balaban J connectivity index is 1.64. The van der Waals surface area contributed by atoms with E-state index in [2.05, 4.69) is 57.3 Å². The maximum atomic E-state index is 6.49. The Hall–Kier alpha value is -1.61. The molecule has 0 spiro atoms. The number of fused-ring (bicyclic) bond motifs is 3. The van der Waals surface area contributed by atoms with Crippen LogP contribution in [0.1, 0.15) is 0 Å². The number of hydrogen-bond donors (Lipinski definition) is 0. The first-order valence-electron chi connectivity index (χ1n) is 8.05. The molecule has 2 aromatic carbocycles. The first-order chi connectivity index (χ1) is 12.7. The van der Waals surface area contributed by atoms with Crippen molar-refractivity contribution in [2.24, 2.45) is 0 Å². The van der Waals surface area contributed by atoms with Crippen LogP contribution in [-0.2, 0) is 0 Å². The molecular formula is C20H13O2PS2Se. The molecule has 3 heterocycles. The summed E-state index contributed by atoms with van der Waals surface area (Å²) in [5.74, 6) is 1.71. The number of benzene rings is 2. The standard InChI is InChI=1S/C20H13O2PS2Se/c26-23(20-12-11-19(25-20)18-10-5-13-24-18)21-16-8-3-1-6-14(16)15-7-2-4-9-17(15)22-23/h1-13H. The van der Waals surface area contributed by atoms with Gasteiger partial charge in [-0.15, -0.1) is 0 Å². The second-order valence-electron chi connectivity index (χ2n) is 5.79.